The van der Waals surface area contributed by atoms with Crippen molar-refractivity contribution in [3.63, 3.8) is 0 Å². The number of likely N-dealkylation sites (tertiary alicyclic amines) is 1. The van der Waals surface area contributed by atoms with Gasteiger partial charge in [-0.3, -0.25) is 4.90 Å². The highest BCUT2D eigenvalue weighted by molar-refractivity contribution is 5.74. The molecule has 2 rings (SSSR count). The zero-order chi connectivity index (χ0) is 15.5. The Morgan fingerprint density at radius 3 is 2.67 bits per heavy atom. The number of hydrogen-bond donors (Lipinski definition) is 3. The van der Waals surface area contributed by atoms with E-state index in [4.69, 9.17) is 0 Å². The molecular formula is C16H31N3O2. The number of aliphatic hydroxyl groups excluding tert-OH is 1. The van der Waals surface area contributed by atoms with E-state index in [1.165, 1.54) is 6.42 Å². The molecule has 1 aliphatic carbocycles. The van der Waals surface area contributed by atoms with E-state index in [9.17, 15) is 9.90 Å². The van der Waals surface area contributed by atoms with Crippen LogP contribution in [0.4, 0.5) is 4.79 Å². The van der Waals surface area contributed by atoms with Gasteiger partial charge >= 0.3 is 6.03 Å². The maximum absolute atomic E-state index is 12.1. The Bertz CT molecular complexity index is 357. The second-order valence-corrected chi connectivity index (χ2v) is 7.37. The Balaban J connectivity index is 1.75. The minimum atomic E-state index is -0.461. The van der Waals surface area contributed by atoms with Gasteiger partial charge in [-0.15, -0.1) is 0 Å². The van der Waals surface area contributed by atoms with Crippen molar-refractivity contribution in [2.75, 3.05) is 26.2 Å². The van der Waals surface area contributed by atoms with Gasteiger partial charge in [-0.05, 0) is 51.0 Å². The van der Waals surface area contributed by atoms with E-state index in [2.05, 4.69) is 29.4 Å². The molecule has 0 radical (unpaired) electrons. The molecule has 1 heterocycles. The Labute approximate surface area is 128 Å². The van der Waals surface area contributed by atoms with E-state index in [0.717, 1.165) is 32.4 Å². The van der Waals surface area contributed by atoms with E-state index in [1.54, 1.807) is 0 Å². The number of rotatable bonds is 7. The highest BCUT2D eigenvalue weighted by Gasteiger charge is 2.42. The monoisotopic (exact) mass is 297 g/mol. The van der Waals surface area contributed by atoms with E-state index in [-0.39, 0.29) is 12.6 Å². The van der Waals surface area contributed by atoms with Gasteiger partial charge in [0.1, 0.15) is 0 Å². The van der Waals surface area contributed by atoms with Gasteiger partial charge in [-0.2, -0.15) is 0 Å². The van der Waals surface area contributed by atoms with Crippen LogP contribution in [-0.4, -0.2) is 53.9 Å². The van der Waals surface area contributed by atoms with Crippen LogP contribution in [0.5, 0.6) is 0 Å². The van der Waals surface area contributed by atoms with E-state index < -0.39 is 5.54 Å². The summed E-state index contributed by atoms with van der Waals surface area (Å²) in [4.78, 5) is 14.6. The van der Waals surface area contributed by atoms with Crippen molar-refractivity contribution in [3.05, 3.63) is 0 Å². The summed E-state index contributed by atoms with van der Waals surface area (Å²) < 4.78 is 0. The zero-order valence-electron chi connectivity index (χ0n) is 13.7. The van der Waals surface area contributed by atoms with Crippen LogP contribution in [0.3, 0.4) is 0 Å². The molecule has 1 saturated carbocycles. The van der Waals surface area contributed by atoms with Crippen LogP contribution in [0.25, 0.3) is 0 Å². The molecule has 1 unspecified atom stereocenters. The van der Waals surface area contributed by atoms with Crippen LogP contribution in [0.1, 0.15) is 46.5 Å². The van der Waals surface area contributed by atoms with Gasteiger partial charge in [0.25, 0.3) is 0 Å². The Morgan fingerprint density at radius 1 is 1.38 bits per heavy atom. The van der Waals surface area contributed by atoms with Crippen LogP contribution in [0.15, 0.2) is 0 Å². The van der Waals surface area contributed by atoms with Crippen LogP contribution < -0.4 is 10.6 Å². The number of amides is 2. The van der Waals surface area contributed by atoms with Crippen molar-refractivity contribution in [1.29, 1.82) is 0 Å². The Morgan fingerprint density at radius 2 is 2.10 bits per heavy atom. The molecule has 1 saturated heterocycles. The topological polar surface area (TPSA) is 64.6 Å². The van der Waals surface area contributed by atoms with Gasteiger partial charge in [-0.25, -0.2) is 4.79 Å². The standard InChI is InChI=1S/C16H31N3O2/c1-12(2)10-19-8-4-5-14(19)9-17-15(21)18-16(3,11-20)13-6-7-13/h12-14,20H,4-11H2,1-3H3,(H2,17,18,21)/t14-,16?/m0/s1. The third kappa shape index (κ3) is 4.58. The van der Waals surface area contributed by atoms with E-state index >= 15 is 0 Å². The van der Waals surface area contributed by atoms with Crippen LogP contribution >= 0.6 is 0 Å². The first kappa shape index (κ1) is 16.6. The lowest BCUT2D eigenvalue weighted by Gasteiger charge is -2.30. The molecule has 2 atom stereocenters. The fraction of sp³-hybridized carbons (Fsp3) is 0.938. The van der Waals surface area contributed by atoms with Crippen molar-refractivity contribution in [3.8, 4) is 0 Å². The van der Waals surface area contributed by atoms with Crippen molar-refractivity contribution in [2.45, 2.75) is 58.0 Å². The quantitative estimate of drug-likeness (QED) is 0.668. The molecule has 2 aliphatic rings. The van der Waals surface area contributed by atoms with Crippen molar-refractivity contribution in [2.24, 2.45) is 11.8 Å². The van der Waals surface area contributed by atoms with Gasteiger partial charge < -0.3 is 15.7 Å². The summed E-state index contributed by atoms with van der Waals surface area (Å²) in [6, 6.07) is 0.314. The average molecular weight is 297 g/mol. The van der Waals surface area contributed by atoms with Crippen LogP contribution in [0.2, 0.25) is 0 Å². The third-order valence-corrected chi connectivity index (χ3v) is 4.80. The molecule has 0 spiro atoms. The molecule has 2 amide bonds. The first-order valence-corrected chi connectivity index (χ1v) is 8.35. The van der Waals surface area contributed by atoms with E-state index in [1.807, 2.05) is 6.92 Å². The zero-order valence-corrected chi connectivity index (χ0v) is 13.7. The SMILES string of the molecule is CC(C)CN1CCC[C@H]1CNC(=O)NC(C)(CO)C1CC1. The average Bonchev–Trinajstić information content (AvgIpc) is 3.19. The lowest BCUT2D eigenvalue weighted by atomic mass is 9.97. The molecule has 5 heteroatoms. The summed E-state index contributed by atoms with van der Waals surface area (Å²) in [5.41, 5.74) is -0.461. The van der Waals surface area contributed by atoms with Gasteiger partial charge in [0.2, 0.25) is 0 Å². The molecule has 3 N–H and O–H groups in total. The predicted molar refractivity (Wildman–Crippen MR) is 84.2 cm³/mol. The molecular weight excluding hydrogens is 266 g/mol. The summed E-state index contributed by atoms with van der Waals surface area (Å²) in [5, 5.41) is 15.5. The normalized spacial score (nSPS) is 25.9. The Kier molecular flexibility index (Phi) is 5.49. The van der Waals surface area contributed by atoms with Gasteiger partial charge in [0, 0.05) is 19.1 Å². The number of nitrogens with zero attached hydrogens (tertiary/aromatic N) is 1. The van der Waals surface area contributed by atoms with Gasteiger partial charge in [0.05, 0.1) is 12.1 Å². The number of carbonyl (C=O) groups excluding carboxylic acids is 1. The fourth-order valence-electron chi connectivity index (χ4n) is 3.34. The molecule has 0 aromatic carbocycles. The highest BCUT2D eigenvalue weighted by Crippen LogP contribution is 2.39. The summed E-state index contributed by atoms with van der Waals surface area (Å²) in [5.74, 6) is 1.09. The molecule has 2 fully saturated rings. The lowest BCUT2D eigenvalue weighted by molar-refractivity contribution is 0.153. The van der Waals surface area contributed by atoms with Gasteiger partial charge in [-0.1, -0.05) is 13.8 Å². The summed E-state index contributed by atoms with van der Waals surface area (Å²) in [7, 11) is 0. The van der Waals surface area contributed by atoms with Crippen molar-refractivity contribution in [1.82, 2.24) is 15.5 Å². The van der Waals surface area contributed by atoms with Crippen molar-refractivity contribution >= 4 is 6.03 Å². The van der Waals surface area contributed by atoms with Gasteiger partial charge in [0.15, 0.2) is 0 Å². The number of carbonyl (C=O) groups is 1. The fourth-order valence-corrected chi connectivity index (χ4v) is 3.34. The van der Waals surface area contributed by atoms with Crippen molar-refractivity contribution < 1.29 is 9.90 Å². The smallest absolute Gasteiger partial charge is 0.315 e. The molecule has 122 valence electrons. The maximum atomic E-state index is 12.1. The summed E-state index contributed by atoms with van der Waals surface area (Å²) >= 11 is 0. The first-order valence-electron chi connectivity index (χ1n) is 8.35. The summed E-state index contributed by atoms with van der Waals surface area (Å²) in [6.07, 6.45) is 4.58. The van der Waals surface area contributed by atoms with Crippen LogP contribution in [-0.2, 0) is 0 Å². The molecule has 0 bridgehead atoms. The van der Waals surface area contributed by atoms with E-state index in [0.29, 0.717) is 24.4 Å². The number of aliphatic hydroxyl groups is 1. The number of nitrogens with one attached hydrogen (secondary N) is 2. The maximum Gasteiger partial charge on any atom is 0.315 e. The minimum Gasteiger partial charge on any atom is -0.394 e. The lowest BCUT2D eigenvalue weighted by Crippen LogP contribution is -2.55. The minimum absolute atomic E-state index is 0.00793. The number of hydrogen-bond acceptors (Lipinski definition) is 3. The largest absolute Gasteiger partial charge is 0.394 e. The predicted octanol–water partition coefficient (Wildman–Crippen LogP) is 1.57. The molecule has 21 heavy (non-hydrogen) atoms. The molecule has 1 aliphatic heterocycles. The Hall–Kier alpha value is -0.810. The third-order valence-electron chi connectivity index (χ3n) is 4.80. The molecule has 0 aromatic rings. The second-order valence-electron chi connectivity index (χ2n) is 7.37. The molecule has 0 aromatic heterocycles. The highest BCUT2D eigenvalue weighted by atomic mass is 16.3. The first-order chi connectivity index (χ1) is 9.94. The summed E-state index contributed by atoms with van der Waals surface area (Å²) in [6.45, 7) is 9.35. The molecule has 5 nitrogen and oxygen atoms in total. The van der Waals surface area contributed by atoms with Crippen LogP contribution in [0, 0.1) is 11.8 Å². The number of urea groups is 1. The second kappa shape index (κ2) is 6.97.